The lowest BCUT2D eigenvalue weighted by molar-refractivity contribution is -0.118. The van der Waals surface area contributed by atoms with Gasteiger partial charge < -0.3 is 0 Å². The number of hydrogen-bond acceptors (Lipinski definition) is 5. The van der Waals surface area contributed by atoms with Crippen molar-refractivity contribution in [3.63, 3.8) is 0 Å². The first kappa shape index (κ1) is 19.6. The highest BCUT2D eigenvalue weighted by atomic mass is 32.2. The Balaban J connectivity index is 1.65. The van der Waals surface area contributed by atoms with Crippen molar-refractivity contribution in [1.82, 2.24) is 9.97 Å². The maximum Gasteiger partial charge on any atom is 0.233 e. The summed E-state index contributed by atoms with van der Waals surface area (Å²) in [6, 6.07) is 18.2. The number of carbonyl (C=O) groups excluding carboxylic acids is 1. The Labute approximate surface area is 178 Å². The number of hydrogen-bond donors (Lipinski definition) is 0. The van der Waals surface area contributed by atoms with E-state index >= 15 is 0 Å². The highest BCUT2D eigenvalue weighted by molar-refractivity contribution is 7.98. The van der Waals surface area contributed by atoms with Gasteiger partial charge in [0, 0.05) is 17.3 Å². The van der Waals surface area contributed by atoms with E-state index in [9.17, 15) is 4.79 Å². The van der Waals surface area contributed by atoms with E-state index in [0.29, 0.717) is 13.0 Å². The van der Waals surface area contributed by atoms with Crippen LogP contribution >= 0.6 is 23.1 Å². The molecule has 0 aliphatic carbocycles. The predicted molar refractivity (Wildman–Crippen MR) is 122 cm³/mol. The van der Waals surface area contributed by atoms with Gasteiger partial charge >= 0.3 is 0 Å². The van der Waals surface area contributed by atoms with Gasteiger partial charge in [0.1, 0.15) is 0 Å². The lowest BCUT2D eigenvalue weighted by atomic mass is 10.1. The number of thiazole rings is 1. The third-order valence-electron chi connectivity index (χ3n) is 4.67. The van der Waals surface area contributed by atoms with Crippen molar-refractivity contribution in [2.75, 3.05) is 11.2 Å². The molecule has 0 unspecified atom stereocenters. The van der Waals surface area contributed by atoms with Gasteiger partial charge in [0.05, 0.1) is 23.2 Å². The minimum Gasteiger partial charge on any atom is -0.283 e. The molecule has 0 atom stereocenters. The first-order chi connectivity index (χ1) is 14.1. The van der Waals surface area contributed by atoms with Crippen molar-refractivity contribution >= 4 is 44.4 Å². The monoisotopic (exact) mass is 419 g/mol. The molecule has 0 bridgehead atoms. The van der Waals surface area contributed by atoms with Crippen molar-refractivity contribution in [2.24, 2.45) is 0 Å². The Kier molecular flexibility index (Phi) is 5.92. The zero-order valence-electron chi connectivity index (χ0n) is 16.3. The first-order valence-corrected chi connectivity index (χ1v) is 11.4. The summed E-state index contributed by atoms with van der Waals surface area (Å²) in [4.78, 5) is 25.1. The molecule has 29 heavy (non-hydrogen) atoms. The zero-order valence-corrected chi connectivity index (χ0v) is 18.0. The fraction of sp³-hybridized carbons (Fsp3) is 0.174. The topological polar surface area (TPSA) is 46.1 Å². The molecule has 2 heterocycles. The van der Waals surface area contributed by atoms with Crippen LogP contribution in [0.1, 0.15) is 16.7 Å². The normalized spacial score (nSPS) is 11.0. The summed E-state index contributed by atoms with van der Waals surface area (Å²) in [6.07, 6.45) is 5.89. The van der Waals surface area contributed by atoms with Crippen molar-refractivity contribution in [3.8, 4) is 0 Å². The van der Waals surface area contributed by atoms with Crippen molar-refractivity contribution in [2.45, 2.75) is 24.8 Å². The Morgan fingerprint density at radius 3 is 2.52 bits per heavy atom. The molecule has 0 saturated carbocycles. The van der Waals surface area contributed by atoms with Gasteiger partial charge in [-0.25, -0.2) is 4.98 Å². The molecular weight excluding hydrogens is 398 g/mol. The van der Waals surface area contributed by atoms with Gasteiger partial charge in [0.25, 0.3) is 0 Å². The second-order valence-electron chi connectivity index (χ2n) is 6.83. The highest BCUT2D eigenvalue weighted by Gasteiger charge is 2.20. The van der Waals surface area contributed by atoms with E-state index in [4.69, 9.17) is 4.98 Å². The van der Waals surface area contributed by atoms with E-state index in [1.54, 1.807) is 40.4 Å². The van der Waals surface area contributed by atoms with Crippen LogP contribution in [0.3, 0.4) is 0 Å². The molecule has 146 valence electrons. The second kappa shape index (κ2) is 8.76. The summed E-state index contributed by atoms with van der Waals surface area (Å²) in [5, 5.41) is 0.730. The number of rotatable bonds is 6. The molecule has 4 nitrogen and oxygen atoms in total. The van der Waals surface area contributed by atoms with E-state index in [1.807, 2.05) is 42.7 Å². The van der Waals surface area contributed by atoms with Gasteiger partial charge in [0.2, 0.25) is 5.91 Å². The molecule has 1 amide bonds. The SMILES string of the molecule is CSc1ccc(CC(=O)N(Cc2ccncc2)c2nc3ccc(C)cc3s2)cc1. The Hall–Kier alpha value is -2.70. The third kappa shape index (κ3) is 4.66. The van der Waals surface area contributed by atoms with Crippen LogP contribution in [0.5, 0.6) is 0 Å². The summed E-state index contributed by atoms with van der Waals surface area (Å²) in [6.45, 7) is 2.54. The Morgan fingerprint density at radius 2 is 1.79 bits per heavy atom. The summed E-state index contributed by atoms with van der Waals surface area (Å²) in [7, 11) is 0. The highest BCUT2D eigenvalue weighted by Crippen LogP contribution is 2.31. The van der Waals surface area contributed by atoms with E-state index in [0.717, 1.165) is 26.5 Å². The van der Waals surface area contributed by atoms with Crippen LogP contribution in [0.15, 0.2) is 71.9 Å². The average Bonchev–Trinajstić information content (AvgIpc) is 3.16. The zero-order chi connectivity index (χ0) is 20.2. The van der Waals surface area contributed by atoms with Gasteiger partial charge in [-0.2, -0.15) is 0 Å². The van der Waals surface area contributed by atoms with Crippen LogP contribution in [0.2, 0.25) is 0 Å². The number of thioether (sulfide) groups is 1. The number of nitrogens with zero attached hydrogens (tertiary/aromatic N) is 3. The standard InChI is InChI=1S/C23H21N3OS2/c1-16-3-8-20-21(13-16)29-23(25-20)26(15-18-9-11-24-12-10-18)22(27)14-17-4-6-19(28-2)7-5-17/h3-13H,14-15H2,1-2H3. The van der Waals surface area contributed by atoms with Crippen LogP contribution < -0.4 is 4.90 Å². The van der Waals surface area contributed by atoms with Crippen molar-refractivity contribution in [3.05, 3.63) is 83.7 Å². The molecule has 4 rings (SSSR count). The second-order valence-corrected chi connectivity index (χ2v) is 8.72. The summed E-state index contributed by atoms with van der Waals surface area (Å²) < 4.78 is 1.09. The van der Waals surface area contributed by atoms with Crippen LogP contribution in [0.4, 0.5) is 5.13 Å². The molecule has 0 fully saturated rings. The van der Waals surface area contributed by atoms with E-state index in [2.05, 4.69) is 30.1 Å². The number of carbonyl (C=O) groups is 1. The number of benzene rings is 2. The number of pyridine rings is 1. The van der Waals surface area contributed by atoms with E-state index < -0.39 is 0 Å². The van der Waals surface area contributed by atoms with E-state index in [1.165, 1.54) is 10.5 Å². The Bertz CT molecular complexity index is 1120. The molecular formula is C23H21N3OS2. The van der Waals surface area contributed by atoms with Crippen LogP contribution in [0.25, 0.3) is 10.2 Å². The molecule has 0 saturated heterocycles. The largest absolute Gasteiger partial charge is 0.283 e. The third-order valence-corrected chi connectivity index (χ3v) is 6.45. The lowest BCUT2D eigenvalue weighted by Crippen LogP contribution is -2.31. The van der Waals surface area contributed by atoms with Gasteiger partial charge in [-0.05, 0) is 66.3 Å². The maximum absolute atomic E-state index is 13.3. The molecule has 0 aliphatic heterocycles. The van der Waals surface area contributed by atoms with E-state index in [-0.39, 0.29) is 5.91 Å². The molecule has 6 heteroatoms. The van der Waals surface area contributed by atoms with Gasteiger partial charge in [-0.15, -0.1) is 11.8 Å². The van der Waals surface area contributed by atoms with Gasteiger partial charge in [-0.1, -0.05) is 29.5 Å². The lowest BCUT2D eigenvalue weighted by Gasteiger charge is -2.20. The quantitative estimate of drug-likeness (QED) is 0.387. The Morgan fingerprint density at radius 1 is 1.03 bits per heavy atom. The predicted octanol–water partition coefficient (Wildman–Crippen LogP) is 5.50. The van der Waals surface area contributed by atoms with Gasteiger partial charge in [-0.3, -0.25) is 14.7 Å². The minimum absolute atomic E-state index is 0.0366. The van der Waals surface area contributed by atoms with Crippen molar-refractivity contribution in [1.29, 1.82) is 0 Å². The maximum atomic E-state index is 13.3. The number of anilines is 1. The van der Waals surface area contributed by atoms with Crippen LogP contribution in [-0.2, 0) is 17.8 Å². The average molecular weight is 420 g/mol. The molecule has 2 aromatic heterocycles. The van der Waals surface area contributed by atoms with Crippen molar-refractivity contribution < 1.29 is 4.79 Å². The summed E-state index contributed by atoms with van der Waals surface area (Å²) in [5.41, 5.74) is 4.15. The molecule has 4 aromatic rings. The molecule has 0 spiro atoms. The minimum atomic E-state index is 0.0366. The molecule has 0 N–H and O–H groups in total. The number of aromatic nitrogens is 2. The molecule has 2 aromatic carbocycles. The smallest absolute Gasteiger partial charge is 0.233 e. The fourth-order valence-electron chi connectivity index (χ4n) is 3.08. The van der Waals surface area contributed by atoms with Crippen LogP contribution in [-0.4, -0.2) is 22.1 Å². The fourth-order valence-corrected chi connectivity index (χ4v) is 4.57. The number of amides is 1. The van der Waals surface area contributed by atoms with Crippen LogP contribution in [0, 0.1) is 6.92 Å². The first-order valence-electron chi connectivity index (χ1n) is 9.32. The molecule has 0 aliphatic rings. The number of fused-ring (bicyclic) bond motifs is 1. The number of aryl methyl sites for hydroxylation is 1. The summed E-state index contributed by atoms with van der Waals surface area (Å²) >= 11 is 3.25. The van der Waals surface area contributed by atoms with Gasteiger partial charge in [0.15, 0.2) is 5.13 Å². The summed E-state index contributed by atoms with van der Waals surface area (Å²) in [5.74, 6) is 0.0366. The molecule has 0 radical (unpaired) electrons.